The number of rotatable bonds is 3. The number of aromatic nitrogens is 2. The first-order valence-corrected chi connectivity index (χ1v) is 22.8. The van der Waals surface area contributed by atoms with Gasteiger partial charge < -0.3 is 0 Å². The first-order chi connectivity index (χ1) is 28.0. The highest BCUT2D eigenvalue weighted by Gasteiger charge is 2.38. The van der Waals surface area contributed by atoms with Crippen molar-refractivity contribution in [1.29, 1.82) is 0 Å². The molecule has 57 heavy (non-hydrogen) atoms. The van der Waals surface area contributed by atoms with Gasteiger partial charge in [0.2, 0.25) is 0 Å². The second-order valence-corrected chi connectivity index (χ2v) is 20.4. The van der Waals surface area contributed by atoms with Gasteiger partial charge in [0, 0.05) is 21.9 Å². The highest BCUT2D eigenvalue weighted by molar-refractivity contribution is 7.04. The molecule has 266 valence electrons. The Morgan fingerprint density at radius 3 is 1.70 bits per heavy atom. The van der Waals surface area contributed by atoms with E-state index in [0.717, 1.165) is 44.3 Å². The van der Waals surface area contributed by atoms with E-state index in [0.29, 0.717) is 0 Å². The number of fused-ring (bicyclic) bond motifs is 12. The molecule has 0 N–H and O–H groups in total. The third-order valence-corrected chi connectivity index (χ3v) is 16.2. The molecule has 0 saturated heterocycles. The fourth-order valence-corrected chi connectivity index (χ4v) is 12.9. The number of benzene rings is 9. The monoisotopic (exact) mass is 740 g/mol. The van der Waals surface area contributed by atoms with Crippen LogP contribution in [0.5, 0.6) is 0 Å². The van der Waals surface area contributed by atoms with Crippen molar-refractivity contribution in [1.82, 2.24) is 9.97 Å². The predicted octanol–water partition coefficient (Wildman–Crippen LogP) is 13.2. The summed E-state index contributed by atoms with van der Waals surface area (Å²) in [5, 5.41) is 15.3. The van der Waals surface area contributed by atoms with Gasteiger partial charge in [-0.15, -0.1) is 0 Å². The van der Waals surface area contributed by atoms with Crippen LogP contribution < -0.4 is 10.4 Å². The molecule has 2 nitrogen and oxygen atoms in total. The molecule has 0 aliphatic carbocycles. The van der Waals surface area contributed by atoms with E-state index in [2.05, 4.69) is 189 Å². The van der Waals surface area contributed by atoms with Crippen LogP contribution in [-0.2, 0) is 0 Å². The van der Waals surface area contributed by atoms with Gasteiger partial charge in [0.1, 0.15) is 8.07 Å². The van der Waals surface area contributed by atoms with Gasteiger partial charge >= 0.3 is 0 Å². The Labute approximate surface area is 331 Å². The highest BCUT2D eigenvalue weighted by Crippen LogP contribution is 2.45. The van der Waals surface area contributed by atoms with Crippen LogP contribution in [0.3, 0.4) is 0 Å². The van der Waals surface area contributed by atoms with Crippen molar-refractivity contribution in [3.63, 3.8) is 0 Å². The molecule has 11 aromatic rings. The van der Waals surface area contributed by atoms with Gasteiger partial charge in [0.25, 0.3) is 0 Å². The minimum absolute atomic E-state index is 0.918. The molecule has 0 radical (unpaired) electrons. The van der Waals surface area contributed by atoms with Gasteiger partial charge in [0.05, 0.1) is 22.4 Å². The highest BCUT2D eigenvalue weighted by atomic mass is 28.3. The van der Waals surface area contributed by atoms with Crippen molar-refractivity contribution < 1.29 is 0 Å². The fraction of sp³-hybridized carbons (Fsp3) is 0.0370. The van der Waals surface area contributed by atoms with Crippen LogP contribution >= 0.6 is 0 Å². The summed E-state index contributed by atoms with van der Waals surface area (Å²) in [5.41, 5.74) is 11.3. The zero-order valence-electron chi connectivity index (χ0n) is 31.7. The van der Waals surface area contributed by atoms with E-state index in [1.165, 1.54) is 75.7 Å². The standard InChI is InChI=1S/C54H36N2Si/c1-57(2)49-19-11-10-18-43(49)52-50(57)29-24-38-32-44(39-16-8-9-17-42(39)51(38)52)40-25-26-41(46-31-37-15-7-6-14-36(37)30-45(40)46)48-28-23-35-21-20-34-22-27-47(33-12-4-3-5-13-33)55-53(34)54(35)56-48/h3-32H,1-2H3. The van der Waals surface area contributed by atoms with Gasteiger partial charge in [-0.2, -0.15) is 0 Å². The zero-order valence-corrected chi connectivity index (χ0v) is 32.7. The molecule has 9 aromatic carbocycles. The molecule has 0 amide bonds. The minimum atomic E-state index is -1.83. The molecule has 3 heterocycles. The largest absolute Gasteiger partial charge is 0.245 e. The first kappa shape index (κ1) is 32.3. The third kappa shape index (κ3) is 4.76. The van der Waals surface area contributed by atoms with Crippen LogP contribution in [0.25, 0.3) is 110 Å². The van der Waals surface area contributed by atoms with E-state index in [9.17, 15) is 0 Å². The minimum Gasteiger partial charge on any atom is -0.245 e. The normalized spacial score (nSPS) is 13.2. The molecule has 0 saturated carbocycles. The van der Waals surface area contributed by atoms with Gasteiger partial charge in [0.15, 0.2) is 0 Å². The summed E-state index contributed by atoms with van der Waals surface area (Å²) < 4.78 is 0. The maximum atomic E-state index is 5.44. The molecule has 1 aliphatic heterocycles. The maximum absolute atomic E-state index is 5.44. The molecule has 0 spiro atoms. The summed E-state index contributed by atoms with van der Waals surface area (Å²) in [7, 11) is -1.83. The van der Waals surface area contributed by atoms with Crippen LogP contribution in [0.1, 0.15) is 0 Å². The van der Waals surface area contributed by atoms with Crippen LogP contribution in [0.15, 0.2) is 182 Å². The SMILES string of the molecule is C[Si]1(C)c2ccccc2-c2c1ccc1cc(-c3ccc(-c4ccc5ccc6ccc(-c7ccccc7)nc6c5n4)c4cc5ccccc5cc34)c3ccccc3c21. The average molecular weight is 741 g/mol. The molecule has 2 aromatic heterocycles. The lowest BCUT2D eigenvalue weighted by atomic mass is 9.86. The lowest BCUT2D eigenvalue weighted by Gasteiger charge is -2.20. The van der Waals surface area contributed by atoms with E-state index in [4.69, 9.17) is 9.97 Å². The number of hydrogen-bond donors (Lipinski definition) is 0. The van der Waals surface area contributed by atoms with Crippen LogP contribution in [-0.4, -0.2) is 18.0 Å². The van der Waals surface area contributed by atoms with Gasteiger partial charge in [-0.25, -0.2) is 9.97 Å². The second kappa shape index (κ2) is 12.0. The van der Waals surface area contributed by atoms with E-state index < -0.39 is 8.07 Å². The van der Waals surface area contributed by atoms with Crippen molar-refractivity contribution in [2.75, 3.05) is 0 Å². The van der Waals surface area contributed by atoms with Gasteiger partial charge in [-0.05, 0) is 106 Å². The summed E-state index contributed by atoms with van der Waals surface area (Å²) >= 11 is 0. The maximum Gasteiger partial charge on any atom is 0.113 e. The fourth-order valence-electron chi connectivity index (χ4n) is 9.79. The van der Waals surface area contributed by atoms with Crippen molar-refractivity contribution >= 4 is 83.3 Å². The smallest absolute Gasteiger partial charge is 0.113 e. The van der Waals surface area contributed by atoms with Crippen molar-refractivity contribution in [2.24, 2.45) is 0 Å². The molecule has 3 heteroatoms. The Balaban J connectivity index is 1.11. The Kier molecular flexibility index (Phi) is 6.82. The van der Waals surface area contributed by atoms with E-state index in [1.54, 1.807) is 0 Å². The topological polar surface area (TPSA) is 25.8 Å². The van der Waals surface area contributed by atoms with Crippen LogP contribution in [0.4, 0.5) is 0 Å². The van der Waals surface area contributed by atoms with Crippen molar-refractivity contribution in [2.45, 2.75) is 13.1 Å². The molecule has 0 unspecified atom stereocenters. The molecule has 0 bridgehead atoms. The first-order valence-electron chi connectivity index (χ1n) is 19.8. The lowest BCUT2D eigenvalue weighted by Crippen LogP contribution is -2.49. The number of hydrogen-bond acceptors (Lipinski definition) is 2. The Bertz CT molecular complexity index is 3490. The third-order valence-electron chi connectivity index (χ3n) is 12.6. The lowest BCUT2D eigenvalue weighted by molar-refractivity contribution is 1.37. The van der Waals surface area contributed by atoms with Gasteiger partial charge in [-0.1, -0.05) is 165 Å². The zero-order chi connectivity index (χ0) is 37.8. The van der Waals surface area contributed by atoms with E-state index in [-0.39, 0.29) is 0 Å². The van der Waals surface area contributed by atoms with E-state index >= 15 is 0 Å². The van der Waals surface area contributed by atoms with Gasteiger partial charge in [-0.3, -0.25) is 0 Å². The predicted molar refractivity (Wildman–Crippen MR) is 246 cm³/mol. The molecule has 0 atom stereocenters. The summed E-state index contributed by atoms with van der Waals surface area (Å²) in [6, 6.07) is 66.9. The second-order valence-electron chi connectivity index (χ2n) is 16.1. The Morgan fingerprint density at radius 1 is 0.351 bits per heavy atom. The van der Waals surface area contributed by atoms with E-state index in [1.807, 2.05) is 6.07 Å². The number of nitrogens with zero attached hydrogens (tertiary/aromatic N) is 2. The summed E-state index contributed by atoms with van der Waals surface area (Å²) in [5.74, 6) is 0. The van der Waals surface area contributed by atoms with Crippen molar-refractivity contribution in [3.8, 4) is 44.8 Å². The molecule has 12 rings (SSSR count). The molecular formula is C54H36N2Si. The van der Waals surface area contributed by atoms with Crippen LogP contribution in [0, 0.1) is 0 Å². The quantitative estimate of drug-likeness (QED) is 0.102. The van der Waals surface area contributed by atoms with Crippen LogP contribution in [0.2, 0.25) is 13.1 Å². The summed E-state index contributed by atoms with van der Waals surface area (Å²) in [6.45, 7) is 5.01. The summed E-state index contributed by atoms with van der Waals surface area (Å²) in [6.07, 6.45) is 0. The molecular weight excluding hydrogens is 705 g/mol. The van der Waals surface area contributed by atoms with Crippen molar-refractivity contribution in [3.05, 3.63) is 182 Å². The number of pyridine rings is 2. The molecule has 0 fully saturated rings. The Hall–Kier alpha value is -6.94. The summed E-state index contributed by atoms with van der Waals surface area (Å²) in [4.78, 5) is 10.6. The average Bonchev–Trinajstić information content (AvgIpc) is 3.50. The molecule has 1 aliphatic rings. The Morgan fingerprint density at radius 2 is 0.930 bits per heavy atom.